The first-order valence-corrected chi connectivity index (χ1v) is 12.5. The molecule has 0 bridgehead atoms. The van der Waals surface area contributed by atoms with Crippen molar-refractivity contribution >= 4 is 16.7 Å². The molecule has 1 aliphatic rings. The van der Waals surface area contributed by atoms with Gasteiger partial charge in [0.05, 0.1) is 5.69 Å². The molecular weight excluding hydrogens is 440 g/mol. The van der Waals surface area contributed by atoms with Crippen LogP contribution in [-0.2, 0) is 16.6 Å². The van der Waals surface area contributed by atoms with Gasteiger partial charge in [0.2, 0.25) is 0 Å². The van der Waals surface area contributed by atoms with Gasteiger partial charge in [0.25, 0.3) is 0 Å². The average molecular weight is 477 g/mol. The SMILES string of the molecule is C[C@H](NC(O)c1cc2ccc(Oc3ccc(C(C)(C)C)cc3)cc2c(CC2CCCC2)n1)C(=O)O. The second kappa shape index (κ2) is 10.3. The number of fused-ring (bicyclic) bond motifs is 1. The first-order chi connectivity index (χ1) is 16.6. The van der Waals surface area contributed by atoms with Crippen LogP contribution in [0.4, 0.5) is 0 Å². The minimum atomic E-state index is -1.16. The molecule has 6 heteroatoms. The summed E-state index contributed by atoms with van der Waals surface area (Å²) in [5.41, 5.74) is 2.69. The molecule has 3 aromatic rings. The zero-order valence-corrected chi connectivity index (χ0v) is 21.0. The average Bonchev–Trinajstić information content (AvgIpc) is 3.32. The van der Waals surface area contributed by atoms with Crippen molar-refractivity contribution in [1.82, 2.24) is 10.3 Å². The number of aliphatic hydroxyl groups is 1. The van der Waals surface area contributed by atoms with Crippen LogP contribution < -0.4 is 10.1 Å². The van der Waals surface area contributed by atoms with E-state index in [1.165, 1.54) is 38.2 Å². The lowest BCUT2D eigenvalue weighted by molar-refractivity contribution is -0.140. The van der Waals surface area contributed by atoms with Crippen molar-refractivity contribution in [1.29, 1.82) is 0 Å². The highest BCUT2D eigenvalue weighted by molar-refractivity contribution is 5.86. The van der Waals surface area contributed by atoms with Gasteiger partial charge >= 0.3 is 5.97 Å². The summed E-state index contributed by atoms with van der Waals surface area (Å²) in [6.45, 7) is 8.07. The van der Waals surface area contributed by atoms with Gasteiger partial charge in [0, 0.05) is 11.1 Å². The Labute approximate surface area is 207 Å². The highest BCUT2D eigenvalue weighted by Crippen LogP contribution is 2.34. The largest absolute Gasteiger partial charge is 0.480 e. The summed E-state index contributed by atoms with van der Waals surface area (Å²) < 4.78 is 6.18. The fourth-order valence-electron chi connectivity index (χ4n) is 4.72. The Hall–Kier alpha value is -2.96. The Kier molecular flexibility index (Phi) is 7.43. The van der Waals surface area contributed by atoms with E-state index in [0.717, 1.165) is 34.4 Å². The van der Waals surface area contributed by atoms with Gasteiger partial charge in [0.1, 0.15) is 23.8 Å². The lowest BCUT2D eigenvalue weighted by Gasteiger charge is -2.20. The number of aromatic nitrogens is 1. The van der Waals surface area contributed by atoms with Crippen LogP contribution in [0.1, 0.15) is 76.6 Å². The Morgan fingerprint density at radius 1 is 1.09 bits per heavy atom. The Morgan fingerprint density at radius 2 is 1.74 bits per heavy atom. The van der Waals surface area contributed by atoms with Crippen LogP contribution >= 0.6 is 0 Å². The molecule has 0 saturated heterocycles. The maximum absolute atomic E-state index is 11.2. The number of rotatable bonds is 8. The predicted octanol–water partition coefficient (Wildman–Crippen LogP) is 6.11. The molecule has 1 fully saturated rings. The topological polar surface area (TPSA) is 91.7 Å². The number of hydrogen-bond acceptors (Lipinski definition) is 5. The van der Waals surface area contributed by atoms with Gasteiger partial charge in [-0.25, -0.2) is 0 Å². The van der Waals surface area contributed by atoms with Gasteiger partial charge in [0.15, 0.2) is 0 Å². The molecule has 1 aromatic heterocycles. The summed E-state index contributed by atoms with van der Waals surface area (Å²) in [4.78, 5) is 16.0. The summed E-state index contributed by atoms with van der Waals surface area (Å²) in [7, 11) is 0. The third kappa shape index (κ3) is 6.19. The van der Waals surface area contributed by atoms with Crippen LogP contribution in [0.5, 0.6) is 11.5 Å². The van der Waals surface area contributed by atoms with E-state index in [0.29, 0.717) is 11.6 Å². The van der Waals surface area contributed by atoms with E-state index in [9.17, 15) is 15.0 Å². The van der Waals surface area contributed by atoms with Crippen molar-refractivity contribution in [3.05, 3.63) is 65.5 Å². The molecule has 0 amide bonds. The monoisotopic (exact) mass is 476 g/mol. The quantitative estimate of drug-likeness (QED) is 0.340. The van der Waals surface area contributed by atoms with Crippen molar-refractivity contribution < 1.29 is 19.7 Å². The molecule has 3 N–H and O–H groups in total. The molecule has 186 valence electrons. The zero-order valence-electron chi connectivity index (χ0n) is 21.0. The number of aliphatic hydroxyl groups excluding tert-OH is 1. The van der Waals surface area contributed by atoms with Crippen molar-refractivity contribution in [3.63, 3.8) is 0 Å². The zero-order chi connectivity index (χ0) is 25.2. The number of pyridine rings is 1. The number of nitrogens with one attached hydrogen (secondary N) is 1. The molecule has 1 heterocycles. The van der Waals surface area contributed by atoms with Crippen molar-refractivity contribution in [3.8, 4) is 11.5 Å². The van der Waals surface area contributed by atoms with E-state index in [4.69, 9.17) is 9.72 Å². The number of carboxylic acids is 1. The van der Waals surface area contributed by atoms with Crippen LogP contribution in [0.3, 0.4) is 0 Å². The van der Waals surface area contributed by atoms with Crippen LogP contribution in [0.2, 0.25) is 0 Å². The summed E-state index contributed by atoms with van der Waals surface area (Å²) in [5, 5.41) is 24.5. The number of hydrogen-bond donors (Lipinski definition) is 3. The lowest BCUT2D eigenvalue weighted by Crippen LogP contribution is -2.37. The first kappa shape index (κ1) is 25.1. The summed E-state index contributed by atoms with van der Waals surface area (Å²) in [6.07, 6.45) is 4.50. The minimum absolute atomic E-state index is 0.0850. The number of carbonyl (C=O) groups is 1. The molecule has 0 spiro atoms. The van der Waals surface area contributed by atoms with E-state index in [2.05, 4.69) is 38.2 Å². The molecule has 0 aliphatic heterocycles. The first-order valence-electron chi connectivity index (χ1n) is 12.5. The standard InChI is InChI=1S/C29H36N2O4/c1-18(28(33)34)30-27(32)26-16-20-9-12-23(35-22-13-10-21(11-14-22)29(2,3)4)17-24(20)25(31-26)15-19-7-5-6-8-19/h9-14,16-19,27,30,32H,5-8,15H2,1-4H3,(H,33,34)/t18-,27?/m0/s1. The van der Waals surface area contributed by atoms with E-state index < -0.39 is 18.2 Å². The number of ether oxygens (including phenoxy) is 1. The van der Waals surface area contributed by atoms with Crippen LogP contribution in [0.15, 0.2) is 48.5 Å². The normalized spacial score (nSPS) is 16.4. The van der Waals surface area contributed by atoms with Gasteiger partial charge < -0.3 is 14.9 Å². The molecule has 4 rings (SSSR count). The van der Waals surface area contributed by atoms with Gasteiger partial charge in [-0.3, -0.25) is 15.1 Å². The number of benzene rings is 2. The van der Waals surface area contributed by atoms with E-state index in [-0.39, 0.29) is 5.41 Å². The molecule has 1 aliphatic carbocycles. The molecule has 6 nitrogen and oxygen atoms in total. The smallest absolute Gasteiger partial charge is 0.320 e. The van der Waals surface area contributed by atoms with Crippen molar-refractivity contribution in [2.45, 2.75) is 77.5 Å². The maximum atomic E-state index is 11.2. The van der Waals surface area contributed by atoms with Crippen LogP contribution in [-0.4, -0.2) is 27.2 Å². The number of nitrogens with zero attached hydrogens (tertiary/aromatic N) is 1. The fraction of sp³-hybridized carbons (Fsp3) is 0.448. The number of carboxylic acid groups (broad SMARTS) is 1. The van der Waals surface area contributed by atoms with Crippen LogP contribution in [0.25, 0.3) is 10.8 Å². The second-order valence-corrected chi connectivity index (χ2v) is 10.7. The number of aliphatic carboxylic acids is 1. The van der Waals surface area contributed by atoms with E-state index in [1.54, 1.807) is 0 Å². The molecule has 1 unspecified atom stereocenters. The molecule has 2 atom stereocenters. The van der Waals surface area contributed by atoms with Gasteiger partial charge in [-0.15, -0.1) is 0 Å². The minimum Gasteiger partial charge on any atom is -0.480 e. The molecule has 2 aromatic carbocycles. The molecule has 35 heavy (non-hydrogen) atoms. The highest BCUT2D eigenvalue weighted by Gasteiger charge is 2.22. The third-order valence-corrected chi connectivity index (χ3v) is 6.87. The van der Waals surface area contributed by atoms with Crippen molar-refractivity contribution in [2.75, 3.05) is 0 Å². The summed E-state index contributed by atoms with van der Waals surface area (Å²) >= 11 is 0. The fourth-order valence-corrected chi connectivity index (χ4v) is 4.72. The van der Waals surface area contributed by atoms with E-state index >= 15 is 0 Å². The Morgan fingerprint density at radius 3 is 2.37 bits per heavy atom. The van der Waals surface area contributed by atoms with Crippen molar-refractivity contribution in [2.24, 2.45) is 5.92 Å². The molecule has 1 saturated carbocycles. The highest BCUT2D eigenvalue weighted by atomic mass is 16.5. The summed E-state index contributed by atoms with van der Waals surface area (Å²) in [5.74, 6) is 1.06. The van der Waals surface area contributed by atoms with Gasteiger partial charge in [-0.2, -0.15) is 0 Å². The third-order valence-electron chi connectivity index (χ3n) is 6.87. The Balaban J connectivity index is 1.65. The summed E-state index contributed by atoms with van der Waals surface area (Å²) in [6, 6.07) is 15.0. The molecular formula is C29H36N2O4. The van der Waals surface area contributed by atoms with Crippen LogP contribution in [0, 0.1) is 5.92 Å². The maximum Gasteiger partial charge on any atom is 0.320 e. The predicted molar refractivity (Wildman–Crippen MR) is 138 cm³/mol. The Bertz CT molecular complexity index is 1180. The van der Waals surface area contributed by atoms with Gasteiger partial charge in [-0.1, -0.05) is 64.7 Å². The van der Waals surface area contributed by atoms with Gasteiger partial charge in [-0.05, 0) is 66.0 Å². The lowest BCUT2D eigenvalue weighted by atomic mass is 9.87. The molecule has 0 radical (unpaired) electrons. The second-order valence-electron chi connectivity index (χ2n) is 10.7. The van der Waals surface area contributed by atoms with E-state index in [1.807, 2.05) is 36.4 Å².